The first kappa shape index (κ1) is 15.2. The lowest BCUT2D eigenvalue weighted by Gasteiger charge is -2.53. The number of carbonyl (C=O) groups is 1. The predicted octanol–water partition coefficient (Wildman–Crippen LogP) is 2.92. The van der Waals surface area contributed by atoms with Gasteiger partial charge in [-0.25, -0.2) is 18.4 Å². The third kappa shape index (κ3) is 2.57. The van der Waals surface area contributed by atoms with Gasteiger partial charge in [-0.15, -0.1) is 0 Å². The number of hydrogen-bond acceptors (Lipinski definition) is 3. The van der Waals surface area contributed by atoms with Gasteiger partial charge in [0, 0.05) is 49.9 Å². The average Bonchev–Trinajstić information content (AvgIpc) is 3.07. The maximum absolute atomic E-state index is 13.3. The van der Waals surface area contributed by atoms with Gasteiger partial charge in [0.15, 0.2) is 5.82 Å². The molecule has 3 heterocycles. The summed E-state index contributed by atoms with van der Waals surface area (Å²) in [5.74, 6) is -2.16. The number of nitrogens with zero attached hydrogens (tertiary/aromatic N) is 4. The van der Waals surface area contributed by atoms with Crippen LogP contribution < -0.4 is 0 Å². The van der Waals surface area contributed by atoms with Gasteiger partial charge in [-0.3, -0.25) is 4.79 Å². The number of rotatable bonds is 2. The fourth-order valence-electron chi connectivity index (χ4n) is 3.68. The molecular weight excluding hydrogens is 314 g/mol. The van der Waals surface area contributed by atoms with Gasteiger partial charge in [-0.2, -0.15) is 5.10 Å². The Kier molecular flexibility index (Phi) is 3.40. The summed E-state index contributed by atoms with van der Waals surface area (Å²) in [7, 11) is 0. The predicted molar refractivity (Wildman–Crippen MR) is 83.1 cm³/mol. The van der Waals surface area contributed by atoms with E-state index in [4.69, 9.17) is 0 Å². The highest BCUT2D eigenvalue weighted by atomic mass is 19.3. The minimum atomic E-state index is -2.54. The Morgan fingerprint density at radius 1 is 1.08 bits per heavy atom. The highest BCUT2D eigenvalue weighted by molar-refractivity contribution is 5.97. The van der Waals surface area contributed by atoms with E-state index < -0.39 is 5.92 Å². The van der Waals surface area contributed by atoms with Crippen molar-refractivity contribution in [2.75, 3.05) is 13.1 Å². The van der Waals surface area contributed by atoms with Gasteiger partial charge in [-0.05, 0) is 31.0 Å². The molecule has 1 amide bonds. The average molecular weight is 332 g/mol. The molecule has 0 aromatic carbocycles. The van der Waals surface area contributed by atoms with Crippen LogP contribution in [0.25, 0.3) is 5.82 Å². The molecule has 1 saturated heterocycles. The third-order valence-electron chi connectivity index (χ3n) is 5.12. The first-order chi connectivity index (χ1) is 11.5. The molecule has 0 radical (unpaired) electrons. The Morgan fingerprint density at radius 2 is 1.83 bits per heavy atom. The first-order valence-corrected chi connectivity index (χ1v) is 8.10. The number of pyridine rings is 1. The Hall–Kier alpha value is -2.31. The maximum atomic E-state index is 13.3. The van der Waals surface area contributed by atoms with Gasteiger partial charge >= 0.3 is 0 Å². The molecule has 2 aromatic rings. The summed E-state index contributed by atoms with van der Waals surface area (Å²) in [6.45, 7) is 1.10. The summed E-state index contributed by atoms with van der Waals surface area (Å²) < 4.78 is 28.2. The molecule has 0 atom stereocenters. The van der Waals surface area contributed by atoms with Crippen LogP contribution in [0.2, 0.25) is 0 Å². The van der Waals surface area contributed by atoms with Gasteiger partial charge in [0.1, 0.15) is 0 Å². The first-order valence-electron chi connectivity index (χ1n) is 8.10. The standard InChI is InChI=1S/C17H18F2N4O/c18-17(19)6-4-16(5-7-17)11-22(12-16)15(24)13-3-1-8-20-14(13)23-10-2-9-21-23/h1-3,8-10H,4-7,11-12H2. The van der Waals surface area contributed by atoms with Crippen LogP contribution in [0.4, 0.5) is 8.78 Å². The Bertz CT molecular complexity index is 742. The zero-order valence-corrected chi connectivity index (χ0v) is 13.2. The molecule has 0 unspecified atom stereocenters. The number of aromatic nitrogens is 3. The summed E-state index contributed by atoms with van der Waals surface area (Å²) in [5, 5.41) is 4.13. The van der Waals surface area contributed by atoms with Crippen LogP contribution in [0.5, 0.6) is 0 Å². The van der Waals surface area contributed by atoms with E-state index in [1.807, 2.05) is 0 Å². The van der Waals surface area contributed by atoms with E-state index >= 15 is 0 Å². The fourth-order valence-corrected chi connectivity index (χ4v) is 3.68. The molecule has 1 aliphatic heterocycles. The number of carbonyl (C=O) groups excluding carboxylic acids is 1. The Labute approximate surface area is 138 Å². The smallest absolute Gasteiger partial charge is 0.257 e. The molecule has 126 valence electrons. The quantitative estimate of drug-likeness (QED) is 0.850. The normalized spacial score (nSPS) is 21.5. The number of hydrogen-bond donors (Lipinski definition) is 0. The van der Waals surface area contributed by atoms with Crippen molar-refractivity contribution >= 4 is 5.91 Å². The SMILES string of the molecule is O=C(c1cccnc1-n1cccn1)N1CC2(CCC(F)(F)CC2)C1. The maximum Gasteiger partial charge on any atom is 0.257 e. The molecule has 5 nitrogen and oxygen atoms in total. The van der Waals surface area contributed by atoms with Gasteiger partial charge in [0.25, 0.3) is 5.91 Å². The Morgan fingerprint density at radius 3 is 2.50 bits per heavy atom. The van der Waals surface area contributed by atoms with E-state index in [0.29, 0.717) is 37.3 Å². The minimum Gasteiger partial charge on any atom is -0.337 e. The van der Waals surface area contributed by atoms with E-state index in [0.717, 1.165) is 0 Å². The van der Waals surface area contributed by atoms with E-state index in [1.54, 1.807) is 46.4 Å². The zero-order chi connectivity index (χ0) is 16.8. The van der Waals surface area contributed by atoms with Crippen molar-refractivity contribution in [3.05, 3.63) is 42.4 Å². The summed E-state index contributed by atoms with van der Waals surface area (Å²) in [5.41, 5.74) is 0.364. The van der Waals surface area contributed by atoms with Crippen molar-refractivity contribution in [3.8, 4) is 5.82 Å². The molecule has 24 heavy (non-hydrogen) atoms. The van der Waals surface area contributed by atoms with Crippen molar-refractivity contribution in [1.82, 2.24) is 19.7 Å². The van der Waals surface area contributed by atoms with Crippen molar-refractivity contribution in [1.29, 1.82) is 0 Å². The summed E-state index contributed by atoms with van der Waals surface area (Å²) >= 11 is 0. The van der Waals surface area contributed by atoms with Crippen LogP contribution in [-0.2, 0) is 0 Å². The van der Waals surface area contributed by atoms with E-state index in [2.05, 4.69) is 10.1 Å². The van der Waals surface area contributed by atoms with E-state index in [9.17, 15) is 13.6 Å². The molecule has 1 spiro atoms. The number of amides is 1. The lowest BCUT2D eigenvalue weighted by atomic mass is 9.67. The van der Waals surface area contributed by atoms with Crippen LogP contribution in [0, 0.1) is 5.41 Å². The Balaban J connectivity index is 1.49. The second kappa shape index (κ2) is 5.36. The van der Waals surface area contributed by atoms with Crippen molar-refractivity contribution in [2.24, 2.45) is 5.41 Å². The fraction of sp³-hybridized carbons (Fsp3) is 0.471. The van der Waals surface area contributed by atoms with E-state index in [-0.39, 0.29) is 24.2 Å². The second-order valence-electron chi connectivity index (χ2n) is 6.84. The lowest BCUT2D eigenvalue weighted by molar-refractivity contribution is -0.103. The zero-order valence-electron chi connectivity index (χ0n) is 13.2. The molecule has 0 N–H and O–H groups in total. The molecule has 1 saturated carbocycles. The van der Waals surface area contributed by atoms with Crippen LogP contribution in [-0.4, -0.2) is 44.6 Å². The molecule has 2 fully saturated rings. The molecule has 0 bridgehead atoms. The van der Waals surface area contributed by atoms with Gasteiger partial charge in [0.05, 0.1) is 5.56 Å². The molecule has 2 aromatic heterocycles. The van der Waals surface area contributed by atoms with E-state index in [1.165, 1.54) is 0 Å². The summed E-state index contributed by atoms with van der Waals surface area (Å²) in [6, 6.07) is 5.22. The van der Waals surface area contributed by atoms with Gasteiger partial charge < -0.3 is 4.90 Å². The third-order valence-corrected chi connectivity index (χ3v) is 5.12. The van der Waals surface area contributed by atoms with Crippen LogP contribution >= 0.6 is 0 Å². The minimum absolute atomic E-state index is 0.0690. The lowest BCUT2D eigenvalue weighted by Crippen LogP contribution is -2.60. The van der Waals surface area contributed by atoms with Crippen molar-refractivity contribution in [2.45, 2.75) is 31.6 Å². The molecule has 2 aliphatic rings. The second-order valence-corrected chi connectivity index (χ2v) is 6.84. The highest BCUT2D eigenvalue weighted by Gasteiger charge is 2.51. The van der Waals surface area contributed by atoms with Crippen LogP contribution in [0.3, 0.4) is 0 Å². The number of likely N-dealkylation sites (tertiary alicyclic amines) is 1. The molecule has 4 rings (SSSR count). The van der Waals surface area contributed by atoms with Gasteiger partial charge in [0.2, 0.25) is 5.92 Å². The highest BCUT2D eigenvalue weighted by Crippen LogP contribution is 2.48. The summed E-state index contributed by atoms with van der Waals surface area (Å²) in [6.07, 6.45) is 5.82. The number of halogens is 2. The van der Waals surface area contributed by atoms with Crippen molar-refractivity contribution in [3.63, 3.8) is 0 Å². The van der Waals surface area contributed by atoms with Gasteiger partial charge in [-0.1, -0.05) is 0 Å². The largest absolute Gasteiger partial charge is 0.337 e. The molecule has 1 aliphatic carbocycles. The number of alkyl halides is 2. The topological polar surface area (TPSA) is 51.0 Å². The summed E-state index contributed by atoms with van der Waals surface area (Å²) in [4.78, 5) is 18.8. The molecule has 7 heteroatoms. The van der Waals surface area contributed by atoms with Crippen molar-refractivity contribution < 1.29 is 13.6 Å². The molecular formula is C17H18F2N4O. The van der Waals surface area contributed by atoms with Crippen LogP contribution in [0.1, 0.15) is 36.0 Å². The van der Waals surface area contributed by atoms with Crippen LogP contribution in [0.15, 0.2) is 36.8 Å². The monoisotopic (exact) mass is 332 g/mol.